The number of carbonyl (C=O) groups excluding carboxylic acids is 1. The fraction of sp³-hybridized carbons (Fsp3) is 0.950. The number of epoxide rings is 1. The molecule has 0 saturated carbocycles. The number of hydrogen-bond acceptors (Lipinski definition) is 2. The number of carbonyl (C=O) groups is 1. The highest BCUT2D eigenvalue weighted by Crippen LogP contribution is 2.25. The number of unbranched alkanes of at least 4 members (excludes halogenated alkanes) is 14. The van der Waals surface area contributed by atoms with E-state index in [1.807, 2.05) is 0 Å². The van der Waals surface area contributed by atoms with Crippen molar-refractivity contribution in [2.75, 3.05) is 0 Å². The van der Waals surface area contributed by atoms with E-state index in [0.29, 0.717) is 0 Å². The molecule has 2 heteroatoms. The lowest BCUT2D eigenvalue weighted by Gasteiger charge is -2.03. The summed E-state index contributed by atoms with van der Waals surface area (Å²) in [6.45, 7) is 2.28. The molecule has 1 fully saturated rings. The van der Waals surface area contributed by atoms with Gasteiger partial charge in [0.2, 0.25) is 0 Å². The summed E-state index contributed by atoms with van der Waals surface area (Å²) in [5.41, 5.74) is 0. The largest absolute Gasteiger partial charge is 0.362 e. The second-order valence-corrected chi connectivity index (χ2v) is 7.01. The Hall–Kier alpha value is -0.370. The molecule has 1 saturated heterocycles. The van der Waals surface area contributed by atoms with Gasteiger partial charge in [0, 0.05) is 0 Å². The van der Waals surface area contributed by atoms with E-state index in [1.54, 1.807) is 0 Å². The van der Waals surface area contributed by atoms with Gasteiger partial charge in [0.1, 0.15) is 6.10 Å². The standard InChI is InChI=1S/C20H38O2/c1-2-3-4-5-6-7-8-9-10-11-12-13-14-15-16-17-19-20(18-21)22-19/h18-20H,2-17H2,1H3. The van der Waals surface area contributed by atoms with Crippen molar-refractivity contribution in [3.63, 3.8) is 0 Å². The van der Waals surface area contributed by atoms with Gasteiger partial charge in [-0.15, -0.1) is 0 Å². The number of hydrogen-bond donors (Lipinski definition) is 0. The molecule has 0 amide bonds. The molecule has 0 aromatic carbocycles. The monoisotopic (exact) mass is 310 g/mol. The molecule has 1 heterocycles. The normalized spacial score (nSPS) is 20.2. The zero-order chi connectivity index (χ0) is 15.9. The van der Waals surface area contributed by atoms with Gasteiger partial charge < -0.3 is 9.53 Å². The quantitative estimate of drug-likeness (QED) is 0.181. The van der Waals surface area contributed by atoms with E-state index in [-0.39, 0.29) is 12.2 Å². The molecule has 1 aliphatic heterocycles. The van der Waals surface area contributed by atoms with Crippen LogP contribution in [0.4, 0.5) is 0 Å². The van der Waals surface area contributed by atoms with Gasteiger partial charge in [-0.05, 0) is 6.42 Å². The summed E-state index contributed by atoms with van der Waals surface area (Å²) < 4.78 is 5.22. The summed E-state index contributed by atoms with van der Waals surface area (Å²) in [7, 11) is 0. The first-order valence-corrected chi connectivity index (χ1v) is 9.99. The second-order valence-electron chi connectivity index (χ2n) is 7.01. The highest BCUT2D eigenvalue weighted by atomic mass is 16.6. The van der Waals surface area contributed by atoms with Gasteiger partial charge in [-0.2, -0.15) is 0 Å². The van der Waals surface area contributed by atoms with Crippen LogP contribution < -0.4 is 0 Å². The van der Waals surface area contributed by atoms with Crippen LogP contribution in [0.15, 0.2) is 0 Å². The summed E-state index contributed by atoms with van der Waals surface area (Å²) in [5.74, 6) is 0. The number of aldehydes is 1. The molecule has 130 valence electrons. The van der Waals surface area contributed by atoms with Gasteiger partial charge in [-0.25, -0.2) is 0 Å². The summed E-state index contributed by atoms with van der Waals surface area (Å²) in [5, 5.41) is 0. The minimum atomic E-state index is -0.0633. The topological polar surface area (TPSA) is 29.6 Å². The average molecular weight is 311 g/mol. The van der Waals surface area contributed by atoms with Crippen LogP contribution in [0.3, 0.4) is 0 Å². The highest BCUT2D eigenvalue weighted by molar-refractivity contribution is 5.60. The van der Waals surface area contributed by atoms with Crippen LogP contribution in [0.25, 0.3) is 0 Å². The maximum absolute atomic E-state index is 10.4. The molecule has 1 aliphatic rings. The van der Waals surface area contributed by atoms with E-state index in [9.17, 15) is 4.79 Å². The minimum absolute atomic E-state index is 0.0633. The molecule has 22 heavy (non-hydrogen) atoms. The lowest BCUT2D eigenvalue weighted by atomic mass is 10.0. The molecular formula is C20H38O2. The molecule has 0 radical (unpaired) electrons. The molecule has 0 spiro atoms. The third-order valence-electron chi connectivity index (χ3n) is 4.85. The molecule has 2 unspecified atom stereocenters. The van der Waals surface area contributed by atoms with Gasteiger partial charge in [0.05, 0.1) is 6.10 Å². The van der Waals surface area contributed by atoms with Crippen LogP contribution >= 0.6 is 0 Å². The first-order valence-electron chi connectivity index (χ1n) is 9.99. The lowest BCUT2D eigenvalue weighted by Crippen LogP contribution is -1.94. The van der Waals surface area contributed by atoms with Crippen molar-refractivity contribution in [3.8, 4) is 0 Å². The van der Waals surface area contributed by atoms with Crippen molar-refractivity contribution in [1.29, 1.82) is 0 Å². The van der Waals surface area contributed by atoms with Crippen molar-refractivity contribution in [2.45, 2.75) is 122 Å². The summed E-state index contributed by atoms with van der Waals surface area (Å²) >= 11 is 0. The van der Waals surface area contributed by atoms with Crippen LogP contribution in [-0.2, 0) is 9.53 Å². The third kappa shape index (κ3) is 11.2. The van der Waals surface area contributed by atoms with E-state index in [0.717, 1.165) is 12.7 Å². The van der Waals surface area contributed by atoms with Crippen LogP contribution in [0.1, 0.15) is 110 Å². The molecule has 0 bridgehead atoms. The van der Waals surface area contributed by atoms with Gasteiger partial charge in [0.25, 0.3) is 0 Å². The Balaban J connectivity index is 1.64. The molecule has 0 aliphatic carbocycles. The fourth-order valence-electron chi connectivity index (χ4n) is 3.23. The maximum Gasteiger partial charge on any atom is 0.151 e. The zero-order valence-corrected chi connectivity index (χ0v) is 14.9. The van der Waals surface area contributed by atoms with Crippen molar-refractivity contribution < 1.29 is 9.53 Å². The molecule has 2 atom stereocenters. The smallest absolute Gasteiger partial charge is 0.151 e. The Kier molecular flexibility index (Phi) is 12.7. The van der Waals surface area contributed by atoms with Crippen LogP contribution in [0.5, 0.6) is 0 Å². The zero-order valence-electron chi connectivity index (χ0n) is 14.9. The maximum atomic E-state index is 10.4. The van der Waals surface area contributed by atoms with Crippen molar-refractivity contribution >= 4 is 6.29 Å². The van der Waals surface area contributed by atoms with Crippen LogP contribution in [0.2, 0.25) is 0 Å². The Morgan fingerprint density at radius 1 is 0.682 bits per heavy atom. The van der Waals surface area contributed by atoms with Gasteiger partial charge >= 0.3 is 0 Å². The third-order valence-corrected chi connectivity index (χ3v) is 4.85. The van der Waals surface area contributed by atoms with Crippen molar-refractivity contribution in [2.24, 2.45) is 0 Å². The van der Waals surface area contributed by atoms with Crippen molar-refractivity contribution in [3.05, 3.63) is 0 Å². The van der Waals surface area contributed by atoms with E-state index >= 15 is 0 Å². The van der Waals surface area contributed by atoms with Crippen LogP contribution in [0, 0.1) is 0 Å². The Morgan fingerprint density at radius 2 is 1.09 bits per heavy atom. The van der Waals surface area contributed by atoms with Gasteiger partial charge in [0.15, 0.2) is 6.29 Å². The lowest BCUT2D eigenvalue weighted by molar-refractivity contribution is -0.108. The Bertz CT molecular complexity index is 252. The average Bonchev–Trinajstić information content (AvgIpc) is 3.30. The first kappa shape index (κ1) is 19.7. The molecular weight excluding hydrogens is 272 g/mol. The van der Waals surface area contributed by atoms with E-state index in [4.69, 9.17) is 4.74 Å². The molecule has 1 rings (SSSR count). The minimum Gasteiger partial charge on any atom is -0.362 e. The van der Waals surface area contributed by atoms with E-state index in [1.165, 1.54) is 96.3 Å². The summed E-state index contributed by atoms with van der Waals surface area (Å²) in [4.78, 5) is 10.4. The summed E-state index contributed by atoms with van der Waals surface area (Å²) in [6, 6.07) is 0. The highest BCUT2D eigenvalue weighted by Gasteiger charge is 2.37. The number of rotatable bonds is 17. The first-order chi connectivity index (χ1) is 10.9. The SMILES string of the molecule is CCCCCCCCCCCCCCCCCC1OC1C=O. The fourth-order valence-corrected chi connectivity index (χ4v) is 3.23. The molecule has 0 N–H and O–H groups in total. The second kappa shape index (κ2) is 14.2. The summed E-state index contributed by atoms with van der Waals surface area (Å²) in [6.07, 6.45) is 23.3. The van der Waals surface area contributed by atoms with Gasteiger partial charge in [-0.1, -0.05) is 103 Å². The van der Waals surface area contributed by atoms with Crippen molar-refractivity contribution in [1.82, 2.24) is 0 Å². The van der Waals surface area contributed by atoms with E-state index in [2.05, 4.69) is 6.92 Å². The predicted molar refractivity (Wildman–Crippen MR) is 94.3 cm³/mol. The molecule has 0 aromatic heterocycles. The number of ether oxygens (including phenoxy) is 1. The van der Waals surface area contributed by atoms with Gasteiger partial charge in [-0.3, -0.25) is 0 Å². The molecule has 2 nitrogen and oxygen atoms in total. The van der Waals surface area contributed by atoms with Crippen LogP contribution in [-0.4, -0.2) is 18.5 Å². The Labute approximate surface area is 138 Å². The Morgan fingerprint density at radius 3 is 1.45 bits per heavy atom. The predicted octanol–water partition coefficient (Wildman–Crippen LogP) is 6.21. The van der Waals surface area contributed by atoms with E-state index < -0.39 is 0 Å². The molecule has 0 aromatic rings.